The van der Waals surface area contributed by atoms with Gasteiger partial charge in [-0.3, -0.25) is 0 Å². The van der Waals surface area contributed by atoms with Crippen LogP contribution in [0.4, 0.5) is 0 Å². The van der Waals surface area contributed by atoms with Gasteiger partial charge in [-0.2, -0.15) is 0 Å². The summed E-state index contributed by atoms with van der Waals surface area (Å²) in [4.78, 5) is 8.72. The lowest BCUT2D eigenvalue weighted by atomic mass is 10.1. The number of halogens is 1. The molecule has 0 aliphatic carbocycles. The molecule has 0 aliphatic rings. The second-order valence-electron chi connectivity index (χ2n) is 5.39. The fourth-order valence-corrected chi connectivity index (χ4v) is 2.40. The number of ether oxygens (including phenoxy) is 2. The second kappa shape index (κ2) is 12.3. The van der Waals surface area contributed by atoms with E-state index in [1.54, 1.807) is 20.4 Å². The predicted molar refractivity (Wildman–Crippen MR) is 116 cm³/mol. The first-order valence-electron chi connectivity index (χ1n) is 8.39. The molecule has 0 bridgehead atoms. The standard InChI is InChI=1S/C19H26N4O2.HI/c1-4-20-19(23-14-15-9-11-21-18(13-15)25-3)22-12-10-16-7-5-6-8-17(16)24-2;/h5-9,11,13H,4,10,12,14H2,1-3H3,(H2,20,22,23);1H. The lowest BCUT2D eigenvalue weighted by molar-refractivity contribution is 0.397. The number of rotatable bonds is 8. The van der Waals surface area contributed by atoms with E-state index in [9.17, 15) is 0 Å². The molecule has 142 valence electrons. The minimum atomic E-state index is 0. The lowest BCUT2D eigenvalue weighted by Gasteiger charge is -2.13. The summed E-state index contributed by atoms with van der Waals surface area (Å²) in [6, 6.07) is 11.9. The molecule has 0 saturated carbocycles. The van der Waals surface area contributed by atoms with Crippen molar-refractivity contribution < 1.29 is 9.47 Å². The van der Waals surface area contributed by atoms with Crippen molar-refractivity contribution in [1.82, 2.24) is 15.6 Å². The van der Waals surface area contributed by atoms with E-state index in [1.807, 2.05) is 37.3 Å². The smallest absolute Gasteiger partial charge is 0.213 e. The summed E-state index contributed by atoms with van der Waals surface area (Å²) in [5, 5.41) is 6.61. The minimum absolute atomic E-state index is 0. The van der Waals surface area contributed by atoms with Crippen molar-refractivity contribution in [2.75, 3.05) is 27.3 Å². The summed E-state index contributed by atoms with van der Waals surface area (Å²) >= 11 is 0. The van der Waals surface area contributed by atoms with E-state index in [-0.39, 0.29) is 24.0 Å². The number of aliphatic imine (C=N–C) groups is 1. The first-order valence-corrected chi connectivity index (χ1v) is 8.39. The van der Waals surface area contributed by atoms with Crippen LogP contribution < -0.4 is 20.1 Å². The third-order valence-electron chi connectivity index (χ3n) is 3.65. The van der Waals surface area contributed by atoms with Gasteiger partial charge < -0.3 is 20.1 Å². The zero-order valence-corrected chi connectivity index (χ0v) is 17.8. The molecule has 2 N–H and O–H groups in total. The molecule has 26 heavy (non-hydrogen) atoms. The summed E-state index contributed by atoms with van der Waals surface area (Å²) in [5.74, 6) is 2.30. The summed E-state index contributed by atoms with van der Waals surface area (Å²) in [6.45, 7) is 4.18. The molecule has 0 unspecified atom stereocenters. The van der Waals surface area contributed by atoms with Gasteiger partial charge in [-0.25, -0.2) is 9.98 Å². The highest BCUT2D eigenvalue weighted by Gasteiger charge is 2.03. The maximum atomic E-state index is 5.39. The van der Waals surface area contributed by atoms with Gasteiger partial charge in [0.1, 0.15) is 5.75 Å². The van der Waals surface area contributed by atoms with E-state index in [1.165, 1.54) is 5.56 Å². The number of pyridine rings is 1. The van der Waals surface area contributed by atoms with Crippen molar-refractivity contribution in [2.24, 2.45) is 4.99 Å². The molecule has 6 nitrogen and oxygen atoms in total. The largest absolute Gasteiger partial charge is 0.496 e. The minimum Gasteiger partial charge on any atom is -0.496 e. The van der Waals surface area contributed by atoms with Crippen LogP contribution >= 0.6 is 24.0 Å². The van der Waals surface area contributed by atoms with Gasteiger partial charge in [-0.1, -0.05) is 18.2 Å². The molecule has 0 amide bonds. The first-order chi connectivity index (χ1) is 12.3. The van der Waals surface area contributed by atoms with E-state index in [2.05, 4.69) is 26.7 Å². The SMILES string of the molecule is CCNC(=NCc1ccnc(OC)c1)NCCc1ccccc1OC.I. The lowest BCUT2D eigenvalue weighted by Crippen LogP contribution is -2.38. The van der Waals surface area contributed by atoms with Crippen LogP contribution in [0.15, 0.2) is 47.6 Å². The van der Waals surface area contributed by atoms with Gasteiger partial charge in [0.15, 0.2) is 5.96 Å². The molecule has 0 saturated heterocycles. The third kappa shape index (κ3) is 7.07. The summed E-state index contributed by atoms with van der Waals surface area (Å²) < 4.78 is 10.5. The highest BCUT2D eigenvalue weighted by atomic mass is 127. The summed E-state index contributed by atoms with van der Waals surface area (Å²) in [5.41, 5.74) is 2.22. The average molecular weight is 470 g/mol. The Bertz CT molecular complexity index is 695. The molecular weight excluding hydrogens is 443 g/mol. The quantitative estimate of drug-likeness (QED) is 0.353. The monoisotopic (exact) mass is 470 g/mol. The van der Waals surface area contributed by atoms with Gasteiger partial charge in [0.25, 0.3) is 0 Å². The van der Waals surface area contributed by atoms with E-state index >= 15 is 0 Å². The molecule has 2 rings (SSSR count). The Hall–Kier alpha value is -2.03. The van der Waals surface area contributed by atoms with Crippen molar-refractivity contribution in [2.45, 2.75) is 19.9 Å². The van der Waals surface area contributed by atoms with Crippen molar-refractivity contribution in [3.63, 3.8) is 0 Å². The number of guanidine groups is 1. The molecule has 0 fully saturated rings. The molecule has 1 heterocycles. The number of hydrogen-bond donors (Lipinski definition) is 2. The van der Waals surface area contributed by atoms with E-state index in [0.29, 0.717) is 12.4 Å². The zero-order chi connectivity index (χ0) is 17.9. The Morgan fingerprint density at radius 1 is 1.12 bits per heavy atom. The molecule has 0 aliphatic heterocycles. The average Bonchev–Trinajstić information content (AvgIpc) is 2.66. The fraction of sp³-hybridized carbons (Fsp3) is 0.368. The number of nitrogens with zero attached hydrogens (tertiary/aromatic N) is 2. The molecule has 7 heteroatoms. The van der Waals surface area contributed by atoms with Gasteiger partial charge in [-0.15, -0.1) is 24.0 Å². The molecular formula is C19H27IN4O2. The van der Waals surface area contributed by atoms with Crippen LogP contribution in [0.5, 0.6) is 11.6 Å². The van der Waals surface area contributed by atoms with E-state index < -0.39 is 0 Å². The molecule has 1 aromatic heterocycles. The molecule has 0 spiro atoms. The van der Waals surface area contributed by atoms with Gasteiger partial charge in [0, 0.05) is 25.4 Å². The summed E-state index contributed by atoms with van der Waals surface area (Å²) in [6.07, 6.45) is 2.59. The molecule has 2 aromatic rings. The number of para-hydroxylation sites is 1. The van der Waals surface area contributed by atoms with Crippen molar-refractivity contribution >= 4 is 29.9 Å². The number of methoxy groups -OCH3 is 2. The van der Waals surface area contributed by atoms with Crippen molar-refractivity contribution in [3.05, 3.63) is 53.7 Å². The topological polar surface area (TPSA) is 67.8 Å². The zero-order valence-electron chi connectivity index (χ0n) is 15.5. The third-order valence-corrected chi connectivity index (χ3v) is 3.65. The Labute approximate surface area is 172 Å². The highest BCUT2D eigenvalue weighted by Crippen LogP contribution is 2.17. The maximum absolute atomic E-state index is 5.39. The van der Waals surface area contributed by atoms with Crippen LogP contribution in [0, 0.1) is 0 Å². The highest BCUT2D eigenvalue weighted by molar-refractivity contribution is 14.0. The number of nitrogens with one attached hydrogen (secondary N) is 2. The second-order valence-corrected chi connectivity index (χ2v) is 5.39. The number of aromatic nitrogens is 1. The van der Waals surface area contributed by atoms with Crippen LogP contribution in [-0.2, 0) is 13.0 Å². The van der Waals surface area contributed by atoms with Gasteiger partial charge in [-0.05, 0) is 36.6 Å². The number of hydrogen-bond acceptors (Lipinski definition) is 4. The normalized spacial score (nSPS) is 10.7. The van der Waals surface area contributed by atoms with Gasteiger partial charge in [0.2, 0.25) is 5.88 Å². The van der Waals surface area contributed by atoms with Gasteiger partial charge in [0.05, 0.1) is 20.8 Å². The number of benzene rings is 1. The Balaban J connectivity index is 0.00000338. The van der Waals surface area contributed by atoms with Crippen molar-refractivity contribution in [3.8, 4) is 11.6 Å². The van der Waals surface area contributed by atoms with E-state index in [4.69, 9.17) is 9.47 Å². The van der Waals surface area contributed by atoms with Crippen molar-refractivity contribution in [1.29, 1.82) is 0 Å². The maximum Gasteiger partial charge on any atom is 0.213 e. The first kappa shape index (κ1) is 22.0. The van der Waals surface area contributed by atoms with Crippen LogP contribution in [0.2, 0.25) is 0 Å². The van der Waals surface area contributed by atoms with Crippen LogP contribution in [0.3, 0.4) is 0 Å². The van der Waals surface area contributed by atoms with Crippen LogP contribution in [0.25, 0.3) is 0 Å². The molecule has 1 aromatic carbocycles. The molecule has 0 radical (unpaired) electrons. The van der Waals surface area contributed by atoms with Gasteiger partial charge >= 0.3 is 0 Å². The van der Waals surface area contributed by atoms with Crippen LogP contribution in [0.1, 0.15) is 18.1 Å². The molecule has 0 atom stereocenters. The van der Waals surface area contributed by atoms with Crippen LogP contribution in [-0.4, -0.2) is 38.3 Å². The Morgan fingerprint density at radius 3 is 2.65 bits per heavy atom. The van der Waals surface area contributed by atoms with E-state index in [0.717, 1.165) is 36.8 Å². The summed E-state index contributed by atoms with van der Waals surface area (Å²) in [7, 11) is 3.31. The fourth-order valence-electron chi connectivity index (χ4n) is 2.40. The predicted octanol–water partition coefficient (Wildman–Crippen LogP) is 3.01. The Kier molecular flexibility index (Phi) is 10.5. The Morgan fingerprint density at radius 2 is 1.92 bits per heavy atom.